The Labute approximate surface area is 204 Å². The van der Waals surface area contributed by atoms with Crippen molar-refractivity contribution in [3.63, 3.8) is 0 Å². The van der Waals surface area contributed by atoms with Gasteiger partial charge in [-0.2, -0.15) is 0 Å². The lowest BCUT2D eigenvalue weighted by Crippen LogP contribution is -2.49. The summed E-state index contributed by atoms with van der Waals surface area (Å²) in [5.41, 5.74) is 2.14. The van der Waals surface area contributed by atoms with Crippen LogP contribution in [0.4, 0.5) is 5.82 Å². The van der Waals surface area contributed by atoms with Gasteiger partial charge in [0.2, 0.25) is 0 Å². The van der Waals surface area contributed by atoms with E-state index in [0.29, 0.717) is 47.2 Å². The van der Waals surface area contributed by atoms with E-state index in [4.69, 9.17) is 9.47 Å². The first kappa shape index (κ1) is 22.0. The lowest BCUT2D eigenvalue weighted by molar-refractivity contribution is 0.343. The fourth-order valence-electron chi connectivity index (χ4n) is 5.58. The number of hydrogen-bond donors (Lipinski definition) is 2. The highest BCUT2D eigenvalue weighted by Crippen LogP contribution is 2.39. The van der Waals surface area contributed by atoms with Crippen molar-refractivity contribution in [1.82, 2.24) is 25.5 Å². The van der Waals surface area contributed by atoms with Gasteiger partial charge in [0.1, 0.15) is 5.75 Å². The van der Waals surface area contributed by atoms with Gasteiger partial charge in [0.05, 0.1) is 26.0 Å². The highest BCUT2D eigenvalue weighted by molar-refractivity contribution is 5.73. The van der Waals surface area contributed by atoms with E-state index in [1.807, 2.05) is 18.3 Å². The average Bonchev–Trinajstić information content (AvgIpc) is 3.67. The van der Waals surface area contributed by atoms with Crippen LogP contribution in [0.25, 0.3) is 22.5 Å². The molecule has 0 unspecified atom stereocenters. The molecular weight excluding hydrogens is 444 g/mol. The first-order chi connectivity index (χ1) is 17.1. The van der Waals surface area contributed by atoms with Crippen LogP contribution < -0.4 is 19.7 Å². The molecule has 3 aliphatic rings. The van der Waals surface area contributed by atoms with Crippen molar-refractivity contribution >= 4 is 5.82 Å². The second-order valence-corrected chi connectivity index (χ2v) is 9.71. The van der Waals surface area contributed by atoms with Crippen molar-refractivity contribution in [3.05, 3.63) is 36.7 Å². The van der Waals surface area contributed by atoms with Crippen molar-refractivity contribution in [2.24, 2.45) is 0 Å². The van der Waals surface area contributed by atoms with Gasteiger partial charge in [0, 0.05) is 35.9 Å². The predicted molar refractivity (Wildman–Crippen MR) is 132 cm³/mol. The molecular formula is C26H30N6O3. The monoisotopic (exact) mass is 474 g/mol. The van der Waals surface area contributed by atoms with Gasteiger partial charge in [0.25, 0.3) is 5.88 Å². The molecule has 4 heterocycles. The van der Waals surface area contributed by atoms with Crippen molar-refractivity contribution in [2.75, 3.05) is 19.1 Å². The number of aromatic nitrogens is 4. The number of methoxy groups -OCH3 is 2. The van der Waals surface area contributed by atoms with Crippen LogP contribution in [-0.4, -0.2) is 63.7 Å². The molecule has 6 rings (SSSR count). The molecule has 3 aromatic rings. The smallest absolute Gasteiger partial charge is 0.256 e. The largest absolute Gasteiger partial charge is 0.507 e. The van der Waals surface area contributed by atoms with Gasteiger partial charge in [0.15, 0.2) is 17.4 Å². The Morgan fingerprint density at radius 3 is 2.31 bits per heavy atom. The van der Waals surface area contributed by atoms with Crippen LogP contribution in [0, 0.1) is 0 Å². The number of phenols is 1. The van der Waals surface area contributed by atoms with E-state index in [-0.39, 0.29) is 5.75 Å². The number of benzene rings is 1. The number of ether oxygens (including phenoxy) is 2. The molecule has 182 valence electrons. The van der Waals surface area contributed by atoms with E-state index in [1.165, 1.54) is 25.7 Å². The lowest BCUT2D eigenvalue weighted by Gasteiger charge is -2.38. The maximum atomic E-state index is 10.8. The van der Waals surface area contributed by atoms with Crippen LogP contribution >= 0.6 is 0 Å². The zero-order valence-electron chi connectivity index (χ0n) is 20.0. The average molecular weight is 475 g/mol. The molecule has 0 amide bonds. The van der Waals surface area contributed by atoms with Crippen LogP contribution in [0.1, 0.15) is 38.5 Å². The van der Waals surface area contributed by atoms with E-state index in [0.717, 1.165) is 29.8 Å². The second kappa shape index (κ2) is 8.96. The van der Waals surface area contributed by atoms with Gasteiger partial charge >= 0.3 is 0 Å². The number of aromatic hydroxyl groups is 1. The number of fused-ring (bicyclic) bond motifs is 2. The van der Waals surface area contributed by atoms with Crippen LogP contribution in [0.15, 0.2) is 36.7 Å². The van der Waals surface area contributed by atoms with Gasteiger partial charge < -0.3 is 24.8 Å². The van der Waals surface area contributed by atoms with Crippen molar-refractivity contribution < 1.29 is 14.6 Å². The third-order valence-corrected chi connectivity index (χ3v) is 7.40. The van der Waals surface area contributed by atoms with E-state index >= 15 is 0 Å². The molecule has 2 aliphatic heterocycles. The number of anilines is 1. The minimum absolute atomic E-state index is 0.0841. The van der Waals surface area contributed by atoms with Crippen molar-refractivity contribution in [3.8, 4) is 39.9 Å². The van der Waals surface area contributed by atoms with Crippen LogP contribution in [0.3, 0.4) is 0 Å². The fraction of sp³-hybridized carbons (Fsp3) is 0.462. The number of nitrogens with one attached hydrogen (secondary N) is 1. The summed E-state index contributed by atoms with van der Waals surface area (Å²) in [6.07, 6.45) is 10.8. The van der Waals surface area contributed by atoms with Crippen LogP contribution in [0.5, 0.6) is 17.4 Å². The minimum Gasteiger partial charge on any atom is -0.507 e. The van der Waals surface area contributed by atoms with Crippen molar-refractivity contribution in [2.45, 2.75) is 62.7 Å². The molecule has 2 bridgehead atoms. The Morgan fingerprint density at radius 1 is 0.886 bits per heavy atom. The molecule has 35 heavy (non-hydrogen) atoms. The molecule has 1 saturated carbocycles. The molecule has 3 atom stereocenters. The van der Waals surface area contributed by atoms with E-state index in [2.05, 4.69) is 30.4 Å². The molecule has 1 aromatic carbocycles. The predicted octanol–water partition coefficient (Wildman–Crippen LogP) is 3.58. The van der Waals surface area contributed by atoms with Gasteiger partial charge in [-0.25, -0.2) is 9.97 Å². The van der Waals surface area contributed by atoms with E-state index in [1.54, 1.807) is 32.5 Å². The minimum atomic E-state index is 0.0841. The van der Waals surface area contributed by atoms with E-state index in [9.17, 15) is 5.11 Å². The first-order valence-corrected chi connectivity index (χ1v) is 12.3. The van der Waals surface area contributed by atoms with Gasteiger partial charge in [-0.3, -0.25) is 0 Å². The third kappa shape index (κ3) is 4.25. The number of hydrogen-bond acceptors (Lipinski definition) is 9. The molecule has 3 fully saturated rings. The van der Waals surface area contributed by atoms with Crippen LogP contribution in [-0.2, 0) is 0 Å². The fourth-order valence-corrected chi connectivity index (χ4v) is 5.58. The zero-order chi connectivity index (χ0) is 23.9. The number of pyridine rings is 1. The van der Waals surface area contributed by atoms with Crippen molar-refractivity contribution in [1.29, 1.82) is 0 Å². The highest BCUT2D eigenvalue weighted by Gasteiger charge is 2.41. The summed E-state index contributed by atoms with van der Waals surface area (Å²) in [6.45, 7) is 0. The number of nitrogens with zero attached hydrogens (tertiary/aromatic N) is 5. The van der Waals surface area contributed by atoms with Gasteiger partial charge in [-0.1, -0.05) is 6.07 Å². The SMILES string of the molecule is COc1cc(-c2ccc(-c3ncc(N(C4CC4)[C@@H]4C[C@H]5CC[C@@H](C4)N5)nn3)c(O)c2)cnc1OC. The Bertz CT molecular complexity index is 1200. The molecule has 1 aliphatic carbocycles. The molecule has 2 aromatic heterocycles. The molecule has 2 N–H and O–H groups in total. The summed E-state index contributed by atoms with van der Waals surface area (Å²) >= 11 is 0. The number of phenolic OH excluding ortho intramolecular Hbond substituents is 1. The van der Waals surface area contributed by atoms with Crippen LogP contribution in [0.2, 0.25) is 0 Å². The topological polar surface area (TPSA) is 106 Å². The summed E-state index contributed by atoms with van der Waals surface area (Å²) in [4.78, 5) is 11.3. The van der Waals surface area contributed by atoms with E-state index < -0.39 is 0 Å². The normalized spacial score (nSPS) is 23.2. The second-order valence-electron chi connectivity index (χ2n) is 9.71. The number of rotatable bonds is 7. The van der Waals surface area contributed by atoms with Gasteiger partial charge in [-0.15, -0.1) is 10.2 Å². The summed E-state index contributed by atoms with van der Waals surface area (Å²) in [5, 5.41) is 23.5. The maximum absolute atomic E-state index is 10.8. The zero-order valence-corrected chi connectivity index (χ0v) is 20.0. The number of piperidine rings is 1. The highest BCUT2D eigenvalue weighted by atomic mass is 16.5. The molecule has 2 saturated heterocycles. The standard InChI is InChI=1S/C26H30N6O3/c1-34-23-10-16(13-28-26(23)35-2)15-3-8-21(22(33)9-15)25-27-14-24(30-31-25)32(19-6-7-19)20-11-17-4-5-18(12-20)29-17/h3,8-10,13-14,17-20,29,33H,4-7,11-12H2,1-2H3/t17-,18+,20-. The Morgan fingerprint density at radius 2 is 1.69 bits per heavy atom. The Balaban J connectivity index is 1.24. The Hall–Kier alpha value is -3.46. The molecule has 0 radical (unpaired) electrons. The molecule has 9 nitrogen and oxygen atoms in total. The molecule has 0 spiro atoms. The lowest BCUT2D eigenvalue weighted by atomic mass is 9.98. The first-order valence-electron chi connectivity index (χ1n) is 12.3. The third-order valence-electron chi connectivity index (χ3n) is 7.40. The Kier molecular flexibility index (Phi) is 5.64. The summed E-state index contributed by atoms with van der Waals surface area (Å²) in [6, 6.07) is 9.49. The van der Waals surface area contributed by atoms with Gasteiger partial charge in [-0.05, 0) is 62.3 Å². The maximum Gasteiger partial charge on any atom is 0.256 e. The summed E-state index contributed by atoms with van der Waals surface area (Å²) in [7, 11) is 3.11. The molecule has 9 heteroatoms. The quantitative estimate of drug-likeness (QED) is 0.531. The summed E-state index contributed by atoms with van der Waals surface area (Å²) in [5.74, 6) is 2.27. The summed E-state index contributed by atoms with van der Waals surface area (Å²) < 4.78 is 10.6.